The van der Waals surface area contributed by atoms with Crippen molar-refractivity contribution in [3.05, 3.63) is 71.0 Å². The molecule has 6 nitrogen and oxygen atoms in total. The number of esters is 2. The summed E-state index contributed by atoms with van der Waals surface area (Å²) in [6.07, 6.45) is 0.892. The van der Waals surface area contributed by atoms with Crippen LogP contribution in [0.1, 0.15) is 34.4 Å². The number of nitrogens with zero attached hydrogens (tertiary/aromatic N) is 2. The Bertz CT molecular complexity index is 1270. The summed E-state index contributed by atoms with van der Waals surface area (Å²) >= 11 is 0. The quantitative estimate of drug-likeness (QED) is 0.451. The molecule has 2 atom stereocenters. The molecule has 1 aliphatic carbocycles. The van der Waals surface area contributed by atoms with Crippen LogP contribution >= 0.6 is 0 Å². The molecule has 0 amide bonds. The van der Waals surface area contributed by atoms with Gasteiger partial charge < -0.3 is 18.6 Å². The van der Waals surface area contributed by atoms with Crippen molar-refractivity contribution >= 4 is 33.7 Å². The first-order valence-corrected chi connectivity index (χ1v) is 10.8. The first-order chi connectivity index (χ1) is 15.5. The Kier molecular flexibility index (Phi) is 4.81. The molecule has 0 radical (unpaired) electrons. The lowest BCUT2D eigenvalue weighted by molar-refractivity contribution is -0.142. The summed E-state index contributed by atoms with van der Waals surface area (Å²) in [5, 5.41) is 2.04. The van der Waals surface area contributed by atoms with Gasteiger partial charge in [0.2, 0.25) is 0 Å². The van der Waals surface area contributed by atoms with Crippen LogP contribution < -0.4 is 0 Å². The maximum Gasteiger partial charge on any atom is 0.313 e. The van der Waals surface area contributed by atoms with Crippen LogP contribution in [0.3, 0.4) is 0 Å². The second kappa shape index (κ2) is 7.55. The number of methoxy groups -OCH3 is 2. The molecule has 2 heterocycles. The predicted molar refractivity (Wildman–Crippen MR) is 123 cm³/mol. The summed E-state index contributed by atoms with van der Waals surface area (Å²) in [5.74, 6) is -1.48. The summed E-state index contributed by atoms with van der Waals surface area (Å²) in [4.78, 5) is 26.2. The van der Waals surface area contributed by atoms with E-state index in [2.05, 4.69) is 9.13 Å². The number of rotatable bonds is 2. The van der Waals surface area contributed by atoms with Crippen LogP contribution in [0.2, 0.25) is 0 Å². The van der Waals surface area contributed by atoms with Gasteiger partial charge >= 0.3 is 11.9 Å². The lowest BCUT2D eigenvalue weighted by Crippen LogP contribution is -2.27. The molecular weight excluding hydrogens is 404 g/mol. The van der Waals surface area contributed by atoms with Crippen molar-refractivity contribution in [1.29, 1.82) is 0 Å². The Labute approximate surface area is 186 Å². The zero-order chi connectivity index (χ0) is 22.6. The molecule has 2 aromatic heterocycles. The number of carbonyl (C=O) groups is 2. The number of carbonyl (C=O) groups excluding carboxylic acids is 2. The predicted octanol–water partition coefficient (Wildman–Crippen LogP) is 3.98. The van der Waals surface area contributed by atoms with E-state index in [1.165, 1.54) is 14.2 Å². The van der Waals surface area contributed by atoms with Gasteiger partial charge in [0.1, 0.15) is 0 Å². The lowest BCUT2D eigenvalue weighted by atomic mass is 9.81. The largest absolute Gasteiger partial charge is 0.469 e. The Hall–Kier alpha value is -3.54. The van der Waals surface area contributed by atoms with Crippen molar-refractivity contribution < 1.29 is 19.1 Å². The van der Waals surface area contributed by atoms with E-state index in [9.17, 15) is 9.59 Å². The van der Waals surface area contributed by atoms with Crippen molar-refractivity contribution in [3.8, 4) is 0 Å². The second-order valence-electron chi connectivity index (χ2n) is 8.43. The maximum atomic E-state index is 13.1. The number of fused-ring (bicyclic) bond motifs is 6. The fourth-order valence-corrected chi connectivity index (χ4v) is 5.50. The van der Waals surface area contributed by atoms with Crippen LogP contribution in [-0.4, -0.2) is 35.3 Å². The molecule has 5 rings (SSSR count). The molecule has 0 unspecified atom stereocenters. The topological polar surface area (TPSA) is 62.5 Å². The average molecular weight is 431 g/mol. The van der Waals surface area contributed by atoms with Crippen LogP contribution in [0.25, 0.3) is 21.8 Å². The normalized spacial score (nSPS) is 18.0. The number of hydrogen-bond acceptors (Lipinski definition) is 4. The number of hydrogen-bond donors (Lipinski definition) is 0. The molecule has 0 fully saturated rings. The highest BCUT2D eigenvalue weighted by molar-refractivity contribution is 5.96. The van der Waals surface area contributed by atoms with Crippen LogP contribution in [0.5, 0.6) is 0 Å². The van der Waals surface area contributed by atoms with Crippen LogP contribution in [0.15, 0.2) is 48.5 Å². The Morgan fingerprint density at radius 3 is 1.47 bits per heavy atom. The molecule has 0 bridgehead atoms. The van der Waals surface area contributed by atoms with E-state index in [0.29, 0.717) is 12.8 Å². The highest BCUT2D eigenvalue weighted by Gasteiger charge is 2.39. The average Bonchev–Trinajstić information content (AvgIpc) is 3.24. The number of aromatic nitrogens is 2. The third kappa shape index (κ3) is 2.79. The first kappa shape index (κ1) is 20.4. The van der Waals surface area contributed by atoms with Gasteiger partial charge in [0, 0.05) is 60.1 Å². The summed E-state index contributed by atoms with van der Waals surface area (Å²) < 4.78 is 14.8. The van der Waals surface area contributed by atoms with Crippen molar-refractivity contribution in [1.82, 2.24) is 9.13 Å². The minimum absolute atomic E-state index is 0.268. The zero-order valence-electron chi connectivity index (χ0n) is 18.7. The van der Waals surface area contributed by atoms with E-state index in [0.717, 1.165) is 44.3 Å². The van der Waals surface area contributed by atoms with E-state index in [-0.39, 0.29) is 11.9 Å². The summed E-state index contributed by atoms with van der Waals surface area (Å²) in [7, 11) is 6.86. The molecule has 0 aliphatic heterocycles. The van der Waals surface area contributed by atoms with Gasteiger partial charge in [0.25, 0.3) is 0 Å². The molecule has 4 aromatic rings. The molecular formula is C26H26N2O4. The van der Waals surface area contributed by atoms with Crippen LogP contribution in [0, 0.1) is 0 Å². The van der Waals surface area contributed by atoms with Crippen LogP contribution in [0.4, 0.5) is 0 Å². The zero-order valence-corrected chi connectivity index (χ0v) is 18.7. The number of ether oxygens (including phenoxy) is 2. The third-order valence-corrected chi connectivity index (χ3v) is 7.01. The molecule has 6 heteroatoms. The molecule has 0 N–H and O–H groups in total. The van der Waals surface area contributed by atoms with E-state index in [1.54, 1.807) is 0 Å². The van der Waals surface area contributed by atoms with Crippen molar-refractivity contribution in [2.45, 2.75) is 24.7 Å². The van der Waals surface area contributed by atoms with Crippen molar-refractivity contribution in [3.63, 3.8) is 0 Å². The molecule has 1 aliphatic rings. The molecule has 32 heavy (non-hydrogen) atoms. The first-order valence-electron chi connectivity index (χ1n) is 10.8. The number of aryl methyl sites for hydroxylation is 2. The van der Waals surface area contributed by atoms with Gasteiger partial charge in [-0.05, 0) is 23.3 Å². The Morgan fingerprint density at radius 2 is 1.09 bits per heavy atom. The maximum absolute atomic E-state index is 13.1. The molecule has 0 saturated carbocycles. The lowest BCUT2D eigenvalue weighted by Gasteiger charge is -2.25. The van der Waals surface area contributed by atoms with E-state index < -0.39 is 11.8 Å². The minimum Gasteiger partial charge on any atom is -0.469 e. The molecule has 0 saturated heterocycles. The van der Waals surface area contributed by atoms with Crippen molar-refractivity contribution in [2.75, 3.05) is 14.2 Å². The fourth-order valence-electron chi connectivity index (χ4n) is 5.50. The van der Waals surface area contributed by atoms with E-state index in [4.69, 9.17) is 9.47 Å². The van der Waals surface area contributed by atoms with E-state index >= 15 is 0 Å². The monoisotopic (exact) mass is 430 g/mol. The summed E-state index contributed by atoms with van der Waals surface area (Å²) in [6, 6.07) is 16.1. The summed E-state index contributed by atoms with van der Waals surface area (Å²) in [5.41, 5.74) is 5.89. The standard InChI is InChI=1S/C26H26N2O4/c1-27-19-11-7-5-9-15(19)23-18(26(30)32-4)14-22-24(17(13-21(23)27)25(29)31-3)16-10-6-8-12-20(16)28(22)2/h5-12,17-18H,13-14H2,1-4H3/t17-,18-/m0/s1. The summed E-state index contributed by atoms with van der Waals surface area (Å²) in [6.45, 7) is 0. The highest BCUT2D eigenvalue weighted by Crippen LogP contribution is 2.43. The third-order valence-electron chi connectivity index (χ3n) is 7.01. The smallest absolute Gasteiger partial charge is 0.313 e. The van der Waals surface area contributed by atoms with Crippen LogP contribution in [-0.2, 0) is 46.0 Å². The Morgan fingerprint density at radius 1 is 0.719 bits per heavy atom. The van der Waals surface area contributed by atoms with Crippen molar-refractivity contribution in [2.24, 2.45) is 14.1 Å². The van der Waals surface area contributed by atoms with Gasteiger partial charge in [-0.3, -0.25) is 9.59 Å². The van der Waals surface area contributed by atoms with Gasteiger partial charge in [-0.15, -0.1) is 0 Å². The van der Waals surface area contributed by atoms with E-state index in [1.807, 2.05) is 62.6 Å². The number of benzene rings is 2. The minimum atomic E-state index is -0.471. The Balaban J connectivity index is 1.87. The fraction of sp³-hybridized carbons (Fsp3) is 0.308. The second-order valence-corrected chi connectivity index (χ2v) is 8.43. The van der Waals surface area contributed by atoms with Gasteiger partial charge in [-0.2, -0.15) is 0 Å². The van der Waals surface area contributed by atoms with Gasteiger partial charge in [0.15, 0.2) is 0 Å². The van der Waals surface area contributed by atoms with Gasteiger partial charge in [-0.25, -0.2) is 0 Å². The SMILES string of the molecule is COC(=O)[C@H]1Cc2c(c3ccccc3n2C)[C@@H](C(=O)OC)Cc2c1c1ccccc1n2C. The van der Waals surface area contributed by atoms with Gasteiger partial charge in [-0.1, -0.05) is 36.4 Å². The highest BCUT2D eigenvalue weighted by atomic mass is 16.5. The molecule has 2 aromatic carbocycles. The molecule has 164 valence electrons. The number of para-hydroxylation sites is 2. The molecule has 0 spiro atoms. The van der Waals surface area contributed by atoms with Gasteiger partial charge in [0.05, 0.1) is 26.1 Å².